The highest BCUT2D eigenvalue weighted by molar-refractivity contribution is 7.89. The fourth-order valence-corrected chi connectivity index (χ4v) is 1.69. The first-order valence-electron chi connectivity index (χ1n) is 3.95. The Hall–Kier alpha value is -1.44. The normalized spacial score (nSPS) is 11.3. The van der Waals surface area contributed by atoms with Crippen LogP contribution < -0.4 is 10.9 Å². The van der Waals surface area contributed by atoms with Gasteiger partial charge >= 0.3 is 5.97 Å². The van der Waals surface area contributed by atoms with Gasteiger partial charge in [-0.1, -0.05) is 0 Å². The van der Waals surface area contributed by atoms with E-state index in [4.69, 9.17) is 16.0 Å². The first-order chi connectivity index (χ1) is 6.86. The highest BCUT2D eigenvalue weighted by atomic mass is 32.2. The van der Waals surface area contributed by atoms with Crippen LogP contribution in [-0.4, -0.2) is 19.5 Å². The summed E-state index contributed by atoms with van der Waals surface area (Å²) in [6.07, 6.45) is 0. The molecule has 0 spiro atoms. The van der Waals surface area contributed by atoms with Crippen molar-refractivity contribution in [2.45, 2.75) is 11.4 Å². The number of sulfonamides is 1. The van der Waals surface area contributed by atoms with Crippen molar-refractivity contribution >= 4 is 16.0 Å². The molecule has 0 aliphatic carbocycles. The third-order valence-corrected chi connectivity index (χ3v) is 2.77. The molecule has 0 unspecified atom stereocenters. The Morgan fingerprint density at radius 3 is 2.40 bits per heavy atom. The zero-order chi connectivity index (χ0) is 11.6. The largest absolute Gasteiger partial charge is 0.478 e. The molecular formula is C8H10N2O4S. The van der Waals surface area contributed by atoms with Crippen LogP contribution in [0.15, 0.2) is 23.1 Å². The van der Waals surface area contributed by atoms with E-state index in [1.165, 1.54) is 12.1 Å². The minimum Gasteiger partial charge on any atom is -0.478 e. The highest BCUT2D eigenvalue weighted by Crippen LogP contribution is 2.14. The molecule has 0 radical (unpaired) electrons. The predicted octanol–water partition coefficient (Wildman–Crippen LogP) is -0.509. The third kappa shape index (κ3) is 2.52. The fraction of sp³-hybridized carbons (Fsp3) is 0.125. The van der Waals surface area contributed by atoms with Crippen molar-refractivity contribution in [3.63, 3.8) is 0 Å². The van der Waals surface area contributed by atoms with Gasteiger partial charge in [0.15, 0.2) is 0 Å². The molecule has 0 saturated carbocycles. The van der Waals surface area contributed by atoms with Crippen LogP contribution in [0.5, 0.6) is 0 Å². The van der Waals surface area contributed by atoms with Gasteiger partial charge in [0.05, 0.1) is 10.5 Å². The lowest BCUT2D eigenvalue weighted by molar-refractivity contribution is 0.0695. The van der Waals surface area contributed by atoms with E-state index < -0.39 is 16.0 Å². The molecule has 0 aromatic heterocycles. The quantitative estimate of drug-likeness (QED) is 0.645. The SMILES string of the molecule is NCc1cc(S(N)(=O)=O)ccc1C(=O)O. The summed E-state index contributed by atoms with van der Waals surface area (Å²) in [6.45, 7) is -0.0645. The van der Waals surface area contributed by atoms with Crippen molar-refractivity contribution in [1.82, 2.24) is 0 Å². The molecule has 7 heteroatoms. The van der Waals surface area contributed by atoms with E-state index in [-0.39, 0.29) is 22.6 Å². The van der Waals surface area contributed by atoms with E-state index in [0.29, 0.717) is 0 Å². The summed E-state index contributed by atoms with van der Waals surface area (Å²) in [7, 11) is -3.83. The Labute approximate surface area is 86.6 Å². The molecular weight excluding hydrogens is 220 g/mol. The van der Waals surface area contributed by atoms with Gasteiger partial charge in [0, 0.05) is 6.54 Å². The van der Waals surface area contributed by atoms with E-state index in [0.717, 1.165) is 6.07 Å². The van der Waals surface area contributed by atoms with Crippen LogP contribution in [0.25, 0.3) is 0 Å². The summed E-state index contributed by atoms with van der Waals surface area (Å²) in [4.78, 5) is 10.6. The smallest absolute Gasteiger partial charge is 0.336 e. The van der Waals surface area contributed by atoms with Crippen molar-refractivity contribution in [1.29, 1.82) is 0 Å². The van der Waals surface area contributed by atoms with Crippen LogP contribution in [-0.2, 0) is 16.6 Å². The second kappa shape index (κ2) is 3.97. The van der Waals surface area contributed by atoms with Crippen LogP contribution in [0.1, 0.15) is 15.9 Å². The zero-order valence-electron chi connectivity index (χ0n) is 7.67. The number of rotatable bonds is 3. The maximum atomic E-state index is 11.0. The monoisotopic (exact) mass is 230 g/mol. The average Bonchev–Trinajstić information content (AvgIpc) is 2.15. The summed E-state index contributed by atoms with van der Waals surface area (Å²) < 4.78 is 21.9. The number of carbonyl (C=O) groups is 1. The second-order valence-electron chi connectivity index (χ2n) is 2.87. The standard InChI is InChI=1S/C8H10N2O4S/c9-4-5-3-6(15(10,13)14)1-2-7(5)8(11)12/h1-3H,4,9H2,(H,11,12)(H2,10,13,14). The number of carboxylic acids is 1. The summed E-state index contributed by atoms with van der Waals surface area (Å²) in [5.74, 6) is -1.16. The van der Waals surface area contributed by atoms with Gasteiger partial charge in [-0.3, -0.25) is 0 Å². The number of hydrogen-bond acceptors (Lipinski definition) is 4. The lowest BCUT2D eigenvalue weighted by atomic mass is 10.1. The molecule has 5 N–H and O–H groups in total. The molecule has 1 aromatic carbocycles. The lowest BCUT2D eigenvalue weighted by Crippen LogP contribution is -2.14. The zero-order valence-corrected chi connectivity index (χ0v) is 8.49. The van der Waals surface area contributed by atoms with E-state index in [1.54, 1.807) is 0 Å². The molecule has 0 amide bonds. The van der Waals surface area contributed by atoms with E-state index >= 15 is 0 Å². The molecule has 1 rings (SSSR count). The van der Waals surface area contributed by atoms with Crippen molar-refractivity contribution in [2.75, 3.05) is 0 Å². The molecule has 0 aliphatic rings. The number of benzene rings is 1. The number of primary sulfonamides is 1. The summed E-state index contributed by atoms with van der Waals surface area (Å²) in [5.41, 5.74) is 5.51. The highest BCUT2D eigenvalue weighted by Gasteiger charge is 2.14. The number of hydrogen-bond donors (Lipinski definition) is 3. The van der Waals surface area contributed by atoms with E-state index in [9.17, 15) is 13.2 Å². The Bertz CT molecular complexity index is 495. The predicted molar refractivity (Wildman–Crippen MR) is 52.7 cm³/mol. The topological polar surface area (TPSA) is 123 Å². The molecule has 6 nitrogen and oxygen atoms in total. The third-order valence-electron chi connectivity index (χ3n) is 1.86. The average molecular weight is 230 g/mol. The van der Waals surface area contributed by atoms with Gasteiger partial charge < -0.3 is 10.8 Å². The first kappa shape index (κ1) is 11.6. The first-order valence-corrected chi connectivity index (χ1v) is 5.50. The minimum absolute atomic E-state index is 0.0232. The van der Waals surface area contributed by atoms with Gasteiger partial charge in [-0.15, -0.1) is 0 Å². The molecule has 1 aromatic rings. The number of aromatic carboxylic acids is 1. The molecule has 0 bridgehead atoms. The molecule has 0 fully saturated rings. The summed E-state index contributed by atoms with van der Waals surface area (Å²) in [5, 5.41) is 13.6. The molecule has 15 heavy (non-hydrogen) atoms. The molecule has 82 valence electrons. The van der Waals surface area contributed by atoms with Crippen LogP contribution in [0.4, 0.5) is 0 Å². The molecule has 0 heterocycles. The van der Waals surface area contributed by atoms with Gasteiger partial charge in [-0.2, -0.15) is 0 Å². The Morgan fingerprint density at radius 2 is 2.00 bits per heavy atom. The van der Waals surface area contributed by atoms with E-state index in [2.05, 4.69) is 0 Å². The van der Waals surface area contributed by atoms with Crippen molar-refractivity contribution < 1.29 is 18.3 Å². The number of carboxylic acid groups (broad SMARTS) is 1. The minimum atomic E-state index is -3.83. The Balaban J connectivity index is 3.38. The second-order valence-corrected chi connectivity index (χ2v) is 4.43. The van der Waals surface area contributed by atoms with Crippen molar-refractivity contribution in [3.8, 4) is 0 Å². The van der Waals surface area contributed by atoms with Crippen molar-refractivity contribution in [2.24, 2.45) is 10.9 Å². The maximum absolute atomic E-state index is 11.0. The van der Waals surface area contributed by atoms with Crippen LogP contribution >= 0.6 is 0 Å². The maximum Gasteiger partial charge on any atom is 0.336 e. The van der Waals surface area contributed by atoms with Crippen molar-refractivity contribution in [3.05, 3.63) is 29.3 Å². The van der Waals surface area contributed by atoms with Crippen LogP contribution in [0.2, 0.25) is 0 Å². The molecule has 0 aliphatic heterocycles. The lowest BCUT2D eigenvalue weighted by Gasteiger charge is -2.05. The summed E-state index contributed by atoms with van der Waals surface area (Å²) >= 11 is 0. The molecule has 0 atom stereocenters. The summed E-state index contributed by atoms with van der Waals surface area (Å²) in [6, 6.07) is 3.47. The Morgan fingerprint density at radius 1 is 1.40 bits per heavy atom. The fourth-order valence-electron chi connectivity index (χ4n) is 1.12. The van der Waals surface area contributed by atoms with Gasteiger partial charge in [0.2, 0.25) is 10.0 Å². The van der Waals surface area contributed by atoms with Gasteiger partial charge in [-0.25, -0.2) is 18.4 Å². The van der Waals surface area contributed by atoms with Crippen LogP contribution in [0.3, 0.4) is 0 Å². The van der Waals surface area contributed by atoms with E-state index in [1.807, 2.05) is 0 Å². The van der Waals surface area contributed by atoms with Gasteiger partial charge in [0.25, 0.3) is 0 Å². The van der Waals surface area contributed by atoms with Gasteiger partial charge in [0.1, 0.15) is 0 Å². The van der Waals surface area contributed by atoms with Gasteiger partial charge in [-0.05, 0) is 23.8 Å². The number of nitrogens with two attached hydrogens (primary N) is 2. The Kier molecular flexibility index (Phi) is 3.08. The molecule has 0 saturated heterocycles. The van der Waals surface area contributed by atoms with Crippen LogP contribution in [0, 0.1) is 0 Å².